The van der Waals surface area contributed by atoms with Gasteiger partial charge in [-0.15, -0.1) is 10.2 Å². The van der Waals surface area contributed by atoms with E-state index in [2.05, 4.69) is 37.4 Å². The molecular weight excluding hydrogens is 814 g/mol. The number of hydrogen-bond donors (Lipinski definition) is 5. The third kappa shape index (κ3) is 13.0. The van der Waals surface area contributed by atoms with Gasteiger partial charge in [-0.3, -0.25) is 23.3 Å². The number of azo groups is 1. The van der Waals surface area contributed by atoms with Crippen LogP contribution < -0.4 is 21.3 Å². The second kappa shape index (κ2) is 21.7. The fourth-order valence-electron chi connectivity index (χ4n) is 5.43. The Balaban J connectivity index is 0.00000541. The summed E-state index contributed by atoms with van der Waals surface area (Å²) >= 11 is 6.10. The van der Waals surface area contributed by atoms with Crippen molar-refractivity contribution in [3.63, 3.8) is 0 Å². The molecule has 1 amide bonds. The molecule has 56 heavy (non-hydrogen) atoms. The zero-order valence-electron chi connectivity index (χ0n) is 31.5. The second-order valence-corrected chi connectivity index (χ2v) is 15.1. The zero-order valence-corrected chi connectivity index (χ0v) is 37.9. The predicted molar refractivity (Wildman–Crippen MR) is 209 cm³/mol. The molecule has 0 aliphatic rings. The van der Waals surface area contributed by atoms with Crippen molar-refractivity contribution in [3.05, 3.63) is 68.7 Å². The van der Waals surface area contributed by atoms with Gasteiger partial charge >= 0.3 is 6.01 Å². The summed E-state index contributed by atoms with van der Waals surface area (Å²) in [5.74, 6) is -1.93. The molecule has 2 radical (unpaired) electrons. The number of pyridine rings is 1. The number of nitrogens with two attached hydrogens (primary N) is 1. The van der Waals surface area contributed by atoms with Crippen molar-refractivity contribution in [2.45, 2.75) is 88.5 Å². The Bertz CT molecular complexity index is 2350. The van der Waals surface area contributed by atoms with Crippen molar-refractivity contribution in [3.8, 4) is 17.6 Å². The van der Waals surface area contributed by atoms with E-state index in [1.807, 2.05) is 12.1 Å². The average Bonchev–Trinajstić information content (AvgIpc) is 3.07. The van der Waals surface area contributed by atoms with E-state index in [9.17, 15) is 40.6 Å². The Hall–Kier alpha value is -3.02. The molecule has 292 valence electrons. The first-order chi connectivity index (χ1) is 25.4. The van der Waals surface area contributed by atoms with E-state index >= 15 is 0 Å². The van der Waals surface area contributed by atoms with Crippen LogP contribution in [0.15, 0.2) is 61.2 Å². The zero-order chi connectivity index (χ0) is 39.8. The van der Waals surface area contributed by atoms with Gasteiger partial charge in [-0.05, 0) is 68.1 Å². The quantitative estimate of drug-likeness (QED) is 0.0343. The van der Waals surface area contributed by atoms with Gasteiger partial charge in [0.25, 0.3) is 31.7 Å². The van der Waals surface area contributed by atoms with Crippen LogP contribution in [-0.2, 0) is 33.2 Å². The SMILES string of the molecule is CCCCCCCCCc1ccc(Oc2nc(Cl)nc(Nc3cc(N=Nc4c(C)c(C(N)=O)c(O)n(CC)c4=O)c(S(=O)(=O)O)cc3S(=O)(=O)O)n2)cc1.[Na].[Na]. The fraction of sp³-hybridized carbons (Fsp3) is 0.364. The molecule has 0 saturated carbocycles. The van der Waals surface area contributed by atoms with E-state index in [4.69, 9.17) is 22.1 Å². The fourth-order valence-corrected chi connectivity index (χ4v) is 6.94. The number of anilines is 2. The molecular formula is C33H39ClN8Na2O10S2. The van der Waals surface area contributed by atoms with Crippen LogP contribution in [-0.4, -0.2) is 116 Å². The summed E-state index contributed by atoms with van der Waals surface area (Å²) in [6, 6.07) is 8.00. The van der Waals surface area contributed by atoms with Crippen LogP contribution in [0.25, 0.3) is 0 Å². The number of aromatic hydroxyl groups is 1. The minimum atomic E-state index is -5.27. The van der Waals surface area contributed by atoms with Crippen molar-refractivity contribution < 1.29 is 40.6 Å². The number of aromatic nitrogens is 4. The van der Waals surface area contributed by atoms with Crippen molar-refractivity contribution >= 4 is 120 Å². The third-order valence-electron chi connectivity index (χ3n) is 8.13. The molecule has 0 aliphatic carbocycles. The van der Waals surface area contributed by atoms with Crippen LogP contribution in [0.3, 0.4) is 0 Å². The van der Waals surface area contributed by atoms with Crippen LogP contribution in [0, 0.1) is 6.92 Å². The second-order valence-electron chi connectivity index (χ2n) is 12.0. The molecule has 4 aromatic rings. The Labute approximate surface area is 372 Å². The average molecular weight is 853 g/mol. The largest absolute Gasteiger partial charge is 0.494 e. The molecule has 0 atom stereocenters. The molecule has 2 aromatic heterocycles. The normalized spacial score (nSPS) is 11.5. The number of benzene rings is 2. The molecule has 6 N–H and O–H groups in total. The molecule has 2 heterocycles. The van der Waals surface area contributed by atoms with Gasteiger partial charge in [0.2, 0.25) is 17.1 Å². The van der Waals surface area contributed by atoms with E-state index in [1.54, 1.807) is 12.1 Å². The minimum Gasteiger partial charge on any atom is -0.494 e. The Morgan fingerprint density at radius 2 is 1.52 bits per heavy atom. The van der Waals surface area contributed by atoms with Gasteiger partial charge in [0.15, 0.2) is 5.69 Å². The maximum Gasteiger partial charge on any atom is 0.328 e. The molecule has 4 rings (SSSR count). The Kier molecular flexibility index (Phi) is 19.0. The number of hydrogen-bond acceptors (Lipinski definition) is 14. The summed E-state index contributed by atoms with van der Waals surface area (Å²) in [5.41, 5.74) is 2.97. The number of nitrogens with one attached hydrogen (secondary N) is 1. The Morgan fingerprint density at radius 3 is 2.09 bits per heavy atom. The van der Waals surface area contributed by atoms with Crippen LogP contribution in [0.4, 0.5) is 23.0 Å². The number of amides is 1. The number of ether oxygens (including phenoxy) is 1. The van der Waals surface area contributed by atoms with Crippen LogP contribution >= 0.6 is 11.6 Å². The summed E-state index contributed by atoms with van der Waals surface area (Å²) in [4.78, 5) is 34.8. The first-order valence-electron chi connectivity index (χ1n) is 16.7. The monoisotopic (exact) mass is 852 g/mol. The van der Waals surface area contributed by atoms with Gasteiger partial charge < -0.3 is 20.9 Å². The number of primary amides is 1. The standard InChI is InChI=1S/C33H39ClN8O10S2.2Na/c1-4-6-7-8-9-10-11-12-20-13-15-21(16-14-20)52-33-38-31(34)37-32(39-33)36-22-17-23(25(54(49,50)51)18-24(22)53(46,47)48)40-41-27-19(3)26(28(35)43)29(44)42(5-2)30(27)45;;/h13-18,44H,4-12H2,1-3H3,(H2,35,43)(H,46,47,48)(H,49,50,51)(H,36,37,38,39);;. The first-order valence-corrected chi connectivity index (χ1v) is 20.0. The summed E-state index contributed by atoms with van der Waals surface area (Å²) in [6.45, 7) is 4.75. The van der Waals surface area contributed by atoms with E-state index < -0.39 is 81.2 Å². The molecule has 0 unspecified atom stereocenters. The van der Waals surface area contributed by atoms with E-state index in [0.29, 0.717) is 11.8 Å². The smallest absolute Gasteiger partial charge is 0.328 e. The number of carbonyl (C=O) groups is 1. The van der Waals surface area contributed by atoms with Gasteiger partial charge in [-0.1, -0.05) is 57.6 Å². The molecule has 0 spiro atoms. The van der Waals surface area contributed by atoms with E-state index in [1.165, 1.54) is 46.0 Å². The number of carbonyl (C=O) groups excluding carboxylic acids is 1. The van der Waals surface area contributed by atoms with Crippen molar-refractivity contribution in [1.82, 2.24) is 19.5 Å². The number of nitrogens with zero attached hydrogens (tertiary/aromatic N) is 6. The first kappa shape index (κ1) is 49.1. The molecule has 0 bridgehead atoms. The summed E-state index contributed by atoms with van der Waals surface area (Å²) in [7, 11) is -10.5. The summed E-state index contributed by atoms with van der Waals surface area (Å²) in [5, 5.41) is 20.0. The number of rotatable bonds is 18. The maximum atomic E-state index is 13.1. The van der Waals surface area contributed by atoms with Gasteiger partial charge in [-0.2, -0.15) is 31.8 Å². The Morgan fingerprint density at radius 1 is 0.911 bits per heavy atom. The molecule has 0 fully saturated rings. The van der Waals surface area contributed by atoms with Gasteiger partial charge in [0.1, 0.15) is 26.8 Å². The summed E-state index contributed by atoms with van der Waals surface area (Å²) < 4.78 is 76.0. The van der Waals surface area contributed by atoms with Crippen LogP contribution in [0.5, 0.6) is 17.6 Å². The van der Waals surface area contributed by atoms with Crippen molar-refractivity contribution in [2.75, 3.05) is 5.32 Å². The number of halogens is 1. The predicted octanol–water partition coefficient (Wildman–Crippen LogP) is 5.80. The third-order valence-corrected chi connectivity index (χ3v) is 10.1. The number of aryl methyl sites for hydroxylation is 1. The van der Waals surface area contributed by atoms with Crippen LogP contribution in [0.2, 0.25) is 5.28 Å². The molecule has 18 nitrogen and oxygen atoms in total. The molecule has 2 aromatic carbocycles. The van der Waals surface area contributed by atoms with Gasteiger partial charge in [0.05, 0.1) is 5.69 Å². The van der Waals surface area contributed by atoms with E-state index in [-0.39, 0.29) is 77.2 Å². The van der Waals surface area contributed by atoms with Gasteiger partial charge in [0, 0.05) is 71.2 Å². The molecule has 0 saturated heterocycles. The van der Waals surface area contributed by atoms with Gasteiger partial charge in [-0.25, -0.2) is 0 Å². The van der Waals surface area contributed by atoms with Crippen molar-refractivity contribution in [1.29, 1.82) is 0 Å². The maximum absolute atomic E-state index is 13.1. The molecule has 0 aliphatic heterocycles. The molecule has 23 heteroatoms. The summed E-state index contributed by atoms with van der Waals surface area (Å²) in [6.07, 6.45) is 9.22. The topological polar surface area (TPSA) is 279 Å². The van der Waals surface area contributed by atoms with Crippen molar-refractivity contribution in [2.24, 2.45) is 16.0 Å². The number of unbranched alkanes of at least 4 members (excludes halogenated alkanes) is 6. The van der Waals surface area contributed by atoms with Crippen LogP contribution in [0.1, 0.15) is 80.3 Å². The minimum absolute atomic E-state index is 0. The van der Waals surface area contributed by atoms with E-state index in [0.717, 1.165) is 35.5 Å².